The van der Waals surface area contributed by atoms with Crippen molar-refractivity contribution in [1.82, 2.24) is 5.32 Å². The zero-order chi connectivity index (χ0) is 13.1. The van der Waals surface area contributed by atoms with Gasteiger partial charge in [-0.15, -0.1) is 0 Å². The molecule has 0 aliphatic carbocycles. The molecule has 17 heavy (non-hydrogen) atoms. The van der Waals surface area contributed by atoms with Gasteiger partial charge in [-0.2, -0.15) is 0 Å². The Bertz CT molecular complexity index is 409. The Kier molecular flexibility index (Phi) is 4.05. The van der Waals surface area contributed by atoms with Gasteiger partial charge in [0, 0.05) is 0 Å². The molecule has 3 heteroatoms. The fourth-order valence-electron chi connectivity index (χ4n) is 1.36. The summed E-state index contributed by atoms with van der Waals surface area (Å²) in [6, 6.07) is 9.58. The Morgan fingerprint density at radius 3 is 2.18 bits per heavy atom. The molecule has 0 radical (unpaired) electrons. The number of nitrogens with one attached hydrogen (secondary N) is 1. The molecule has 1 amide bonds. The molecular weight excluding hydrogens is 214 g/mol. The van der Waals surface area contributed by atoms with Crippen LogP contribution >= 0.6 is 0 Å². The van der Waals surface area contributed by atoms with Crippen LogP contribution in [-0.4, -0.2) is 11.7 Å². The van der Waals surface area contributed by atoms with Gasteiger partial charge in [-0.1, -0.05) is 30.3 Å². The smallest absolute Gasteiger partial charge is 0.233 e. The maximum Gasteiger partial charge on any atom is 0.233 e. The van der Waals surface area contributed by atoms with E-state index in [1.54, 1.807) is 13.8 Å². The van der Waals surface area contributed by atoms with E-state index in [0.29, 0.717) is 0 Å². The number of rotatable bonds is 4. The molecule has 0 spiro atoms. The molecule has 0 bridgehead atoms. The van der Waals surface area contributed by atoms with Gasteiger partial charge < -0.3 is 5.32 Å². The Morgan fingerprint density at radius 1 is 1.18 bits per heavy atom. The van der Waals surface area contributed by atoms with Crippen LogP contribution in [0.2, 0.25) is 0 Å². The van der Waals surface area contributed by atoms with Crippen molar-refractivity contribution in [3.05, 3.63) is 35.9 Å². The van der Waals surface area contributed by atoms with Gasteiger partial charge in [0.05, 0.1) is 6.04 Å². The summed E-state index contributed by atoms with van der Waals surface area (Å²) in [6.45, 7) is 6.63. The lowest BCUT2D eigenvalue weighted by Crippen LogP contribution is -2.42. The normalized spacial score (nSPS) is 12.9. The summed E-state index contributed by atoms with van der Waals surface area (Å²) in [6.07, 6.45) is 0. The largest absolute Gasteiger partial charge is 0.349 e. The summed E-state index contributed by atoms with van der Waals surface area (Å²) < 4.78 is 0. The van der Waals surface area contributed by atoms with Gasteiger partial charge >= 0.3 is 0 Å². The predicted molar refractivity (Wildman–Crippen MR) is 67.5 cm³/mol. The number of amides is 1. The highest BCUT2D eigenvalue weighted by Crippen LogP contribution is 2.19. The van der Waals surface area contributed by atoms with Crippen LogP contribution in [0.15, 0.2) is 30.3 Å². The maximum absolute atomic E-state index is 12.0. The van der Waals surface area contributed by atoms with Gasteiger partial charge in [0.1, 0.15) is 11.2 Å². The summed E-state index contributed by atoms with van der Waals surface area (Å²) >= 11 is 0. The second-order valence-electron chi connectivity index (χ2n) is 4.79. The average Bonchev–Trinajstić information content (AvgIpc) is 2.29. The molecule has 1 aromatic rings. The van der Waals surface area contributed by atoms with Crippen molar-refractivity contribution in [1.29, 1.82) is 0 Å². The van der Waals surface area contributed by atoms with Crippen molar-refractivity contribution in [2.75, 3.05) is 0 Å². The van der Waals surface area contributed by atoms with Gasteiger partial charge in [0.2, 0.25) is 5.91 Å². The van der Waals surface area contributed by atoms with Crippen molar-refractivity contribution in [3.8, 4) is 0 Å². The molecule has 3 nitrogen and oxygen atoms in total. The Morgan fingerprint density at radius 2 is 1.71 bits per heavy atom. The molecule has 0 unspecified atom stereocenters. The molecule has 0 heterocycles. The molecule has 1 aromatic carbocycles. The third-order valence-corrected chi connectivity index (χ3v) is 3.09. The predicted octanol–water partition coefficient (Wildman–Crippen LogP) is 2.48. The second-order valence-corrected chi connectivity index (χ2v) is 4.79. The molecule has 0 saturated heterocycles. The van der Waals surface area contributed by atoms with E-state index in [1.165, 1.54) is 6.92 Å². The fourth-order valence-corrected chi connectivity index (χ4v) is 1.36. The average molecular weight is 233 g/mol. The lowest BCUT2D eigenvalue weighted by molar-refractivity contribution is -0.139. The first-order valence-electron chi connectivity index (χ1n) is 5.72. The molecule has 0 aliphatic rings. The Labute approximate surface area is 102 Å². The number of benzene rings is 1. The van der Waals surface area contributed by atoms with Gasteiger partial charge in [-0.3, -0.25) is 9.59 Å². The highest BCUT2D eigenvalue weighted by atomic mass is 16.2. The quantitative estimate of drug-likeness (QED) is 0.812. The third kappa shape index (κ3) is 3.16. The van der Waals surface area contributed by atoms with Crippen LogP contribution < -0.4 is 5.32 Å². The highest BCUT2D eigenvalue weighted by molar-refractivity contribution is 6.04. The van der Waals surface area contributed by atoms with Crippen molar-refractivity contribution in [3.63, 3.8) is 0 Å². The molecule has 0 saturated carbocycles. The minimum absolute atomic E-state index is 0.0951. The lowest BCUT2D eigenvalue weighted by Gasteiger charge is -2.23. The van der Waals surface area contributed by atoms with E-state index >= 15 is 0 Å². The number of Topliss-reactive ketones (excluding diaryl/α,β-unsaturated/α-hetero) is 1. The highest BCUT2D eigenvalue weighted by Gasteiger charge is 2.33. The van der Waals surface area contributed by atoms with Gasteiger partial charge in [-0.05, 0) is 33.3 Å². The van der Waals surface area contributed by atoms with Crippen molar-refractivity contribution >= 4 is 11.7 Å². The fraction of sp³-hybridized carbons (Fsp3) is 0.429. The van der Waals surface area contributed by atoms with E-state index in [4.69, 9.17) is 0 Å². The molecule has 1 N–H and O–H groups in total. The zero-order valence-electron chi connectivity index (χ0n) is 10.8. The van der Waals surface area contributed by atoms with Crippen molar-refractivity contribution in [2.45, 2.75) is 33.7 Å². The molecule has 0 aromatic heterocycles. The van der Waals surface area contributed by atoms with Crippen LogP contribution in [0.25, 0.3) is 0 Å². The first kappa shape index (κ1) is 13.4. The molecular formula is C14H19NO2. The summed E-state index contributed by atoms with van der Waals surface area (Å²) in [5.74, 6) is -0.364. The van der Waals surface area contributed by atoms with Crippen molar-refractivity contribution in [2.24, 2.45) is 5.41 Å². The van der Waals surface area contributed by atoms with Crippen molar-refractivity contribution < 1.29 is 9.59 Å². The van der Waals surface area contributed by atoms with E-state index in [-0.39, 0.29) is 17.7 Å². The van der Waals surface area contributed by atoms with Crippen LogP contribution in [0.1, 0.15) is 39.3 Å². The summed E-state index contributed by atoms with van der Waals surface area (Å²) in [4.78, 5) is 23.3. The number of ketones is 1. The van der Waals surface area contributed by atoms with Crippen LogP contribution in [-0.2, 0) is 9.59 Å². The van der Waals surface area contributed by atoms with E-state index in [0.717, 1.165) is 5.56 Å². The topological polar surface area (TPSA) is 46.2 Å². The summed E-state index contributed by atoms with van der Waals surface area (Å²) in [5.41, 5.74) is 0.0588. The van der Waals surface area contributed by atoms with E-state index in [2.05, 4.69) is 5.32 Å². The van der Waals surface area contributed by atoms with E-state index < -0.39 is 5.41 Å². The lowest BCUT2D eigenvalue weighted by atomic mass is 9.87. The summed E-state index contributed by atoms with van der Waals surface area (Å²) in [5, 5.41) is 2.86. The Balaban J connectivity index is 2.74. The van der Waals surface area contributed by atoms with E-state index in [1.807, 2.05) is 37.3 Å². The molecule has 92 valence electrons. The number of carbonyl (C=O) groups is 2. The maximum atomic E-state index is 12.0. The number of hydrogen-bond acceptors (Lipinski definition) is 2. The molecule has 0 aliphatic heterocycles. The van der Waals surface area contributed by atoms with Crippen LogP contribution in [0.3, 0.4) is 0 Å². The summed E-state index contributed by atoms with van der Waals surface area (Å²) in [7, 11) is 0. The van der Waals surface area contributed by atoms with Crippen LogP contribution in [0, 0.1) is 5.41 Å². The monoisotopic (exact) mass is 233 g/mol. The Hall–Kier alpha value is -1.64. The third-order valence-electron chi connectivity index (χ3n) is 3.09. The van der Waals surface area contributed by atoms with E-state index in [9.17, 15) is 9.59 Å². The number of hydrogen-bond donors (Lipinski definition) is 1. The van der Waals surface area contributed by atoms with Gasteiger partial charge in [-0.25, -0.2) is 0 Å². The first-order chi connectivity index (χ1) is 7.85. The SMILES string of the molecule is CC(=O)C(C)(C)C(=O)N[C@H](C)c1ccccc1. The standard InChI is InChI=1S/C14H19NO2/c1-10(12-8-6-5-7-9-12)15-13(17)14(3,4)11(2)16/h5-10H,1-4H3,(H,15,17)/t10-/m1/s1. The minimum Gasteiger partial charge on any atom is -0.349 e. The van der Waals surface area contributed by atoms with Crippen LogP contribution in [0.4, 0.5) is 0 Å². The zero-order valence-corrected chi connectivity index (χ0v) is 10.8. The first-order valence-corrected chi connectivity index (χ1v) is 5.72. The number of carbonyl (C=O) groups excluding carboxylic acids is 2. The molecule has 1 atom stereocenters. The molecule has 1 rings (SSSR count). The molecule has 0 fully saturated rings. The minimum atomic E-state index is -0.969. The van der Waals surface area contributed by atoms with Gasteiger partial charge in [0.15, 0.2) is 0 Å². The van der Waals surface area contributed by atoms with Crippen LogP contribution in [0.5, 0.6) is 0 Å². The van der Waals surface area contributed by atoms with Gasteiger partial charge in [0.25, 0.3) is 0 Å². The second kappa shape index (κ2) is 5.13.